The Morgan fingerprint density at radius 1 is 0.936 bits per heavy atom. The van der Waals surface area contributed by atoms with E-state index in [1.807, 2.05) is 0 Å². The Kier molecular flexibility index (Phi) is 14.0. The number of phenols is 1. The Bertz CT molecular complexity index is 1570. The predicted molar refractivity (Wildman–Crippen MR) is 187 cm³/mol. The third-order valence-corrected chi connectivity index (χ3v) is 9.42. The van der Waals surface area contributed by atoms with Crippen molar-refractivity contribution < 1.29 is 27.8 Å². The van der Waals surface area contributed by atoms with Crippen LogP contribution in [0.25, 0.3) is 0 Å². The van der Waals surface area contributed by atoms with Crippen LogP contribution in [0.3, 0.4) is 0 Å². The maximum atomic E-state index is 13.6. The lowest BCUT2D eigenvalue weighted by Crippen LogP contribution is -2.44. The van der Waals surface area contributed by atoms with Crippen molar-refractivity contribution in [1.29, 1.82) is 0 Å². The normalized spacial score (nSPS) is 15.7. The Labute approximate surface area is 296 Å². The van der Waals surface area contributed by atoms with Crippen LogP contribution in [0, 0.1) is 0 Å². The van der Waals surface area contributed by atoms with Gasteiger partial charge in [-0.1, -0.05) is 86.7 Å². The molecule has 47 heavy (non-hydrogen) atoms. The molecule has 2 amide bonds. The molecule has 3 atom stereocenters. The number of ether oxygens (including phenoxy) is 1. The molecule has 0 fully saturated rings. The van der Waals surface area contributed by atoms with Crippen LogP contribution in [0.2, 0.25) is 15.1 Å². The molecule has 252 valence electrons. The summed E-state index contributed by atoms with van der Waals surface area (Å²) in [6.07, 6.45) is 8.12. The van der Waals surface area contributed by atoms with Crippen molar-refractivity contribution in [1.82, 2.24) is 5.32 Å². The second-order valence-electron chi connectivity index (χ2n) is 10.9. The standard InChI is InChI=1S/C33H35Cl4N3O6S/c1-2-3-4-5-6-7-8-9-10-28(45-23-13-15-24(16-14-23)46-47(44)25-17-11-22(41)12-18-25)32(42)38-31-29(37)33(43)40(39-31)30-26(35)19-21(34)20-27(30)36/h11-20,28-29,41H,2-10H2,1H3,(H,38,39,42). The number of rotatable bonds is 16. The zero-order valence-corrected chi connectivity index (χ0v) is 29.4. The zero-order chi connectivity index (χ0) is 33.9. The summed E-state index contributed by atoms with van der Waals surface area (Å²) in [4.78, 5) is 26.9. The minimum Gasteiger partial charge on any atom is -0.508 e. The first-order valence-corrected chi connectivity index (χ1v) is 17.9. The van der Waals surface area contributed by atoms with Crippen LogP contribution in [0.15, 0.2) is 70.7 Å². The molecule has 1 aliphatic rings. The molecule has 0 aromatic heterocycles. The highest BCUT2D eigenvalue weighted by atomic mass is 35.5. The first kappa shape index (κ1) is 36.8. The first-order valence-electron chi connectivity index (χ1n) is 15.2. The number of amides is 2. The van der Waals surface area contributed by atoms with E-state index in [1.54, 1.807) is 24.3 Å². The van der Waals surface area contributed by atoms with E-state index in [2.05, 4.69) is 17.3 Å². The van der Waals surface area contributed by atoms with Gasteiger partial charge in [-0.05, 0) is 73.5 Å². The maximum absolute atomic E-state index is 13.6. The van der Waals surface area contributed by atoms with Gasteiger partial charge >= 0.3 is 0 Å². The fraction of sp³-hybridized carbons (Fsp3) is 0.364. The van der Waals surface area contributed by atoms with Gasteiger partial charge in [-0.3, -0.25) is 9.59 Å². The van der Waals surface area contributed by atoms with Gasteiger partial charge in [0.25, 0.3) is 11.8 Å². The quantitative estimate of drug-likeness (QED) is 0.112. The molecule has 0 saturated carbocycles. The van der Waals surface area contributed by atoms with Crippen LogP contribution in [0.4, 0.5) is 5.69 Å². The van der Waals surface area contributed by atoms with Crippen molar-refractivity contribution in [3.05, 3.63) is 75.7 Å². The number of alkyl halides is 1. The van der Waals surface area contributed by atoms with Crippen LogP contribution in [-0.2, 0) is 20.7 Å². The first-order chi connectivity index (χ1) is 22.6. The van der Waals surface area contributed by atoms with Crippen LogP contribution in [-0.4, -0.2) is 38.4 Å². The summed E-state index contributed by atoms with van der Waals surface area (Å²) in [5, 5.41) is 16.5. The molecule has 0 saturated heterocycles. The van der Waals surface area contributed by atoms with Crippen LogP contribution < -0.4 is 19.2 Å². The Balaban J connectivity index is 1.44. The molecule has 0 spiro atoms. The molecule has 14 heteroatoms. The number of phenolic OH excluding ortho intramolecular Hbond substituents is 1. The lowest BCUT2D eigenvalue weighted by Gasteiger charge is -2.19. The van der Waals surface area contributed by atoms with Gasteiger partial charge in [0.15, 0.2) is 17.3 Å². The molecule has 1 aliphatic heterocycles. The fourth-order valence-corrected chi connectivity index (χ4v) is 6.67. The zero-order valence-electron chi connectivity index (χ0n) is 25.6. The number of unbranched alkanes of at least 4 members (excludes halogenated alkanes) is 7. The number of benzene rings is 3. The molecule has 2 N–H and O–H groups in total. The summed E-state index contributed by atoms with van der Waals surface area (Å²) in [5.41, 5.74) is 0.0954. The van der Waals surface area contributed by atoms with Crippen molar-refractivity contribution in [2.24, 2.45) is 5.10 Å². The SMILES string of the molecule is CCCCCCCCCCC(Oc1ccc(OS(=O)c2ccc(O)cc2)cc1)C(=O)NC1=NN(c2c(Cl)cc(Cl)cc2Cl)C(=O)C1Cl. The second kappa shape index (κ2) is 17.9. The van der Waals surface area contributed by atoms with E-state index < -0.39 is 34.4 Å². The van der Waals surface area contributed by atoms with E-state index >= 15 is 0 Å². The Morgan fingerprint density at radius 3 is 2.13 bits per heavy atom. The Hall–Kier alpha value is -3.02. The van der Waals surface area contributed by atoms with E-state index in [1.165, 1.54) is 62.1 Å². The van der Waals surface area contributed by atoms with Crippen molar-refractivity contribution in [3.8, 4) is 17.2 Å². The molecule has 1 heterocycles. The lowest BCUT2D eigenvalue weighted by molar-refractivity contribution is -0.126. The molecule has 9 nitrogen and oxygen atoms in total. The van der Waals surface area contributed by atoms with E-state index in [0.29, 0.717) is 22.8 Å². The summed E-state index contributed by atoms with van der Waals surface area (Å²) in [6.45, 7) is 2.18. The summed E-state index contributed by atoms with van der Waals surface area (Å²) in [7, 11) is 0. The fourth-order valence-electron chi connectivity index (χ4n) is 4.76. The number of halogens is 4. The lowest BCUT2D eigenvalue weighted by atomic mass is 10.1. The van der Waals surface area contributed by atoms with Gasteiger partial charge in [0.2, 0.25) is 11.1 Å². The van der Waals surface area contributed by atoms with Gasteiger partial charge in [0, 0.05) is 5.02 Å². The van der Waals surface area contributed by atoms with E-state index in [4.69, 9.17) is 55.3 Å². The summed E-state index contributed by atoms with van der Waals surface area (Å²) >= 11 is 23.2. The smallest absolute Gasteiger partial charge is 0.273 e. The van der Waals surface area contributed by atoms with E-state index in [0.717, 1.165) is 30.7 Å². The molecular weight excluding hydrogens is 708 g/mol. The second-order valence-corrected chi connectivity index (χ2v) is 13.7. The number of hydrogen-bond acceptors (Lipinski definition) is 7. The number of hydrazone groups is 1. The van der Waals surface area contributed by atoms with Crippen LogP contribution in [0.1, 0.15) is 64.7 Å². The third-order valence-electron chi connectivity index (χ3n) is 7.23. The van der Waals surface area contributed by atoms with Crippen molar-refractivity contribution in [2.75, 3.05) is 5.01 Å². The number of amidine groups is 1. The molecule has 3 aromatic carbocycles. The van der Waals surface area contributed by atoms with E-state index in [9.17, 15) is 18.9 Å². The van der Waals surface area contributed by atoms with E-state index in [-0.39, 0.29) is 32.3 Å². The largest absolute Gasteiger partial charge is 0.508 e. The summed E-state index contributed by atoms with van der Waals surface area (Å²) < 4.78 is 24.2. The van der Waals surface area contributed by atoms with Gasteiger partial charge in [0.1, 0.15) is 22.9 Å². The molecule has 3 aromatic rings. The number of carbonyl (C=O) groups is 2. The maximum Gasteiger partial charge on any atom is 0.273 e. The van der Waals surface area contributed by atoms with Crippen molar-refractivity contribution >= 4 is 80.8 Å². The van der Waals surface area contributed by atoms with Crippen LogP contribution in [0.5, 0.6) is 17.2 Å². The van der Waals surface area contributed by atoms with Gasteiger partial charge in [-0.2, -0.15) is 5.01 Å². The molecule has 0 radical (unpaired) electrons. The predicted octanol–water partition coefficient (Wildman–Crippen LogP) is 8.82. The van der Waals surface area contributed by atoms with Gasteiger partial charge in [-0.15, -0.1) is 16.7 Å². The summed E-state index contributed by atoms with van der Waals surface area (Å²) in [6, 6.07) is 15.0. The topological polar surface area (TPSA) is 118 Å². The van der Waals surface area contributed by atoms with Crippen LogP contribution >= 0.6 is 46.4 Å². The molecule has 0 bridgehead atoms. The van der Waals surface area contributed by atoms with Crippen molar-refractivity contribution in [2.45, 2.75) is 81.1 Å². The molecule has 4 rings (SSSR count). The highest BCUT2D eigenvalue weighted by molar-refractivity contribution is 7.80. The number of anilines is 1. The van der Waals surface area contributed by atoms with Gasteiger partial charge < -0.3 is 19.3 Å². The minimum atomic E-state index is -1.80. The van der Waals surface area contributed by atoms with Crippen molar-refractivity contribution in [3.63, 3.8) is 0 Å². The van der Waals surface area contributed by atoms with Gasteiger partial charge in [0.05, 0.1) is 14.9 Å². The third kappa shape index (κ3) is 10.5. The summed E-state index contributed by atoms with van der Waals surface area (Å²) in [5.74, 6) is -0.521. The number of hydrogen-bond donors (Lipinski definition) is 2. The molecular formula is C33H35Cl4N3O6S. The Morgan fingerprint density at radius 2 is 1.51 bits per heavy atom. The van der Waals surface area contributed by atoms with Gasteiger partial charge in [-0.25, -0.2) is 4.21 Å². The molecule has 0 aliphatic carbocycles. The number of nitrogens with one attached hydrogen (secondary N) is 1. The highest BCUT2D eigenvalue weighted by Gasteiger charge is 2.39. The number of aromatic hydroxyl groups is 1. The monoisotopic (exact) mass is 741 g/mol. The minimum absolute atomic E-state index is 0.0543. The number of carbonyl (C=O) groups excluding carboxylic acids is 2. The average Bonchev–Trinajstić information content (AvgIpc) is 3.30. The highest BCUT2D eigenvalue weighted by Crippen LogP contribution is 2.39. The number of nitrogens with zero attached hydrogens (tertiary/aromatic N) is 2. The average molecular weight is 744 g/mol. The molecule has 3 unspecified atom stereocenters.